The van der Waals surface area contributed by atoms with Gasteiger partial charge in [-0.25, -0.2) is 0 Å². The van der Waals surface area contributed by atoms with Crippen LogP contribution >= 0.6 is 0 Å². The molecule has 2 rings (SSSR count). The highest BCUT2D eigenvalue weighted by Gasteiger charge is 2.53. The molecule has 2 aliphatic carbocycles. The molecule has 3 atom stereocenters. The highest BCUT2D eigenvalue weighted by atomic mass is 16.5. The minimum Gasteiger partial charge on any atom is -0.466 e. The number of ether oxygens (including phenoxy) is 1. The van der Waals surface area contributed by atoms with Gasteiger partial charge >= 0.3 is 5.97 Å². The molecule has 13 heavy (non-hydrogen) atoms. The molecule has 3 nitrogen and oxygen atoms in total. The summed E-state index contributed by atoms with van der Waals surface area (Å²) < 4.78 is 5.02. The first kappa shape index (κ1) is 9.00. The van der Waals surface area contributed by atoms with Gasteiger partial charge in [0.2, 0.25) is 0 Å². The molecule has 2 bridgehead atoms. The Balaban J connectivity index is 2.05. The SMILES string of the molecule is CCOC(=O)C1CC2CCC1(N)C2. The third-order valence-corrected chi connectivity index (χ3v) is 3.52. The second-order valence-corrected chi connectivity index (χ2v) is 4.38. The Morgan fingerprint density at radius 1 is 1.69 bits per heavy atom. The van der Waals surface area contributed by atoms with Gasteiger partial charge in [0.25, 0.3) is 0 Å². The van der Waals surface area contributed by atoms with E-state index in [1.54, 1.807) is 0 Å². The van der Waals surface area contributed by atoms with Crippen LogP contribution in [0, 0.1) is 11.8 Å². The number of rotatable bonds is 2. The Hall–Kier alpha value is -0.570. The second kappa shape index (κ2) is 2.98. The first-order chi connectivity index (χ1) is 6.15. The summed E-state index contributed by atoms with van der Waals surface area (Å²) >= 11 is 0. The molecule has 0 heterocycles. The van der Waals surface area contributed by atoms with Crippen molar-refractivity contribution in [3.05, 3.63) is 0 Å². The molecular weight excluding hydrogens is 166 g/mol. The van der Waals surface area contributed by atoms with Crippen LogP contribution in [0.3, 0.4) is 0 Å². The molecule has 2 saturated carbocycles. The molecule has 0 amide bonds. The molecule has 0 aromatic carbocycles. The molecule has 0 spiro atoms. The van der Waals surface area contributed by atoms with Crippen molar-refractivity contribution in [3.8, 4) is 0 Å². The predicted octanol–water partition coefficient (Wildman–Crippen LogP) is 1.07. The van der Waals surface area contributed by atoms with E-state index >= 15 is 0 Å². The lowest BCUT2D eigenvalue weighted by Gasteiger charge is -2.29. The van der Waals surface area contributed by atoms with Crippen LogP contribution in [-0.4, -0.2) is 18.1 Å². The fraction of sp³-hybridized carbons (Fsp3) is 0.900. The van der Waals surface area contributed by atoms with Gasteiger partial charge in [-0.15, -0.1) is 0 Å². The van der Waals surface area contributed by atoms with Gasteiger partial charge < -0.3 is 10.5 Å². The molecule has 2 N–H and O–H groups in total. The van der Waals surface area contributed by atoms with Crippen LogP contribution in [0.25, 0.3) is 0 Å². The van der Waals surface area contributed by atoms with Crippen molar-refractivity contribution in [2.45, 2.75) is 38.1 Å². The summed E-state index contributed by atoms with van der Waals surface area (Å²) in [5, 5.41) is 0. The third kappa shape index (κ3) is 1.35. The van der Waals surface area contributed by atoms with E-state index in [1.807, 2.05) is 6.92 Å². The number of nitrogens with two attached hydrogens (primary N) is 1. The lowest BCUT2D eigenvalue weighted by atomic mass is 9.83. The summed E-state index contributed by atoms with van der Waals surface area (Å²) in [5.74, 6) is 0.581. The molecular formula is C10H17NO2. The minimum absolute atomic E-state index is 0.0220. The predicted molar refractivity (Wildman–Crippen MR) is 49.0 cm³/mol. The maximum Gasteiger partial charge on any atom is 0.310 e. The maximum absolute atomic E-state index is 11.5. The second-order valence-electron chi connectivity index (χ2n) is 4.38. The maximum atomic E-state index is 11.5. The summed E-state index contributed by atoms with van der Waals surface area (Å²) in [7, 11) is 0. The molecule has 0 aromatic rings. The van der Waals surface area contributed by atoms with Crippen LogP contribution < -0.4 is 5.73 Å². The summed E-state index contributed by atoms with van der Waals surface area (Å²) in [5.41, 5.74) is 5.95. The van der Waals surface area contributed by atoms with Gasteiger partial charge in [0.15, 0.2) is 0 Å². The van der Waals surface area contributed by atoms with Crippen LogP contribution in [0.5, 0.6) is 0 Å². The minimum atomic E-state index is -0.225. The van der Waals surface area contributed by atoms with Gasteiger partial charge in [0, 0.05) is 5.54 Å². The number of carbonyl (C=O) groups excluding carboxylic acids is 1. The lowest BCUT2D eigenvalue weighted by Crippen LogP contribution is -2.46. The van der Waals surface area contributed by atoms with Gasteiger partial charge in [-0.2, -0.15) is 0 Å². The van der Waals surface area contributed by atoms with Gasteiger partial charge in [-0.1, -0.05) is 0 Å². The number of hydrogen-bond donors (Lipinski definition) is 1. The highest BCUT2D eigenvalue weighted by molar-refractivity contribution is 5.75. The monoisotopic (exact) mass is 183 g/mol. The highest BCUT2D eigenvalue weighted by Crippen LogP contribution is 2.50. The van der Waals surface area contributed by atoms with Crippen molar-refractivity contribution in [3.63, 3.8) is 0 Å². The molecule has 2 fully saturated rings. The summed E-state index contributed by atoms with van der Waals surface area (Å²) in [6.07, 6.45) is 4.18. The largest absolute Gasteiger partial charge is 0.466 e. The zero-order chi connectivity index (χ0) is 9.47. The zero-order valence-corrected chi connectivity index (χ0v) is 8.08. The Morgan fingerprint density at radius 3 is 2.92 bits per heavy atom. The van der Waals surface area contributed by atoms with Crippen LogP contribution in [0.15, 0.2) is 0 Å². The van der Waals surface area contributed by atoms with E-state index in [1.165, 1.54) is 6.42 Å². The van der Waals surface area contributed by atoms with Crippen molar-refractivity contribution in [1.29, 1.82) is 0 Å². The third-order valence-electron chi connectivity index (χ3n) is 3.52. The van der Waals surface area contributed by atoms with Crippen LogP contribution in [0.2, 0.25) is 0 Å². The topological polar surface area (TPSA) is 52.3 Å². The Kier molecular flexibility index (Phi) is 2.06. The van der Waals surface area contributed by atoms with E-state index in [9.17, 15) is 4.79 Å². The smallest absolute Gasteiger partial charge is 0.310 e. The van der Waals surface area contributed by atoms with E-state index in [0.29, 0.717) is 12.5 Å². The molecule has 3 heteroatoms. The van der Waals surface area contributed by atoms with Gasteiger partial charge in [0.1, 0.15) is 0 Å². The van der Waals surface area contributed by atoms with E-state index in [-0.39, 0.29) is 17.4 Å². The first-order valence-corrected chi connectivity index (χ1v) is 5.11. The standard InChI is InChI=1S/C10H17NO2/c1-2-13-9(12)8-5-7-3-4-10(8,11)6-7/h7-8H,2-6,11H2,1H3. The van der Waals surface area contributed by atoms with Crippen LogP contribution in [0.4, 0.5) is 0 Å². The molecule has 0 radical (unpaired) electrons. The fourth-order valence-electron chi connectivity index (χ4n) is 2.87. The summed E-state index contributed by atoms with van der Waals surface area (Å²) in [6.45, 7) is 2.31. The zero-order valence-electron chi connectivity index (χ0n) is 8.08. The van der Waals surface area contributed by atoms with Crippen molar-refractivity contribution in [2.75, 3.05) is 6.61 Å². The first-order valence-electron chi connectivity index (χ1n) is 5.11. The fourth-order valence-corrected chi connectivity index (χ4v) is 2.87. The number of hydrogen-bond acceptors (Lipinski definition) is 3. The average molecular weight is 183 g/mol. The van der Waals surface area contributed by atoms with Crippen molar-refractivity contribution >= 4 is 5.97 Å². The Labute approximate surface area is 78.6 Å². The number of fused-ring (bicyclic) bond motifs is 2. The summed E-state index contributed by atoms with van der Waals surface area (Å²) in [4.78, 5) is 11.5. The Bertz CT molecular complexity index is 229. The average Bonchev–Trinajstić information content (AvgIpc) is 2.59. The van der Waals surface area contributed by atoms with Crippen LogP contribution in [0.1, 0.15) is 32.6 Å². The number of esters is 1. The van der Waals surface area contributed by atoms with Gasteiger partial charge in [-0.05, 0) is 38.5 Å². The van der Waals surface area contributed by atoms with Crippen molar-refractivity contribution in [2.24, 2.45) is 17.6 Å². The lowest BCUT2D eigenvalue weighted by molar-refractivity contribution is -0.150. The molecule has 0 saturated heterocycles. The van der Waals surface area contributed by atoms with E-state index in [0.717, 1.165) is 19.3 Å². The number of carbonyl (C=O) groups is 1. The molecule has 74 valence electrons. The normalized spacial score (nSPS) is 42.3. The van der Waals surface area contributed by atoms with E-state index in [4.69, 9.17) is 10.5 Å². The molecule has 3 unspecified atom stereocenters. The van der Waals surface area contributed by atoms with E-state index < -0.39 is 0 Å². The quantitative estimate of drug-likeness (QED) is 0.651. The molecule has 0 aliphatic heterocycles. The van der Waals surface area contributed by atoms with Crippen molar-refractivity contribution in [1.82, 2.24) is 0 Å². The molecule has 2 aliphatic rings. The van der Waals surface area contributed by atoms with Gasteiger partial charge in [0.05, 0.1) is 12.5 Å². The van der Waals surface area contributed by atoms with E-state index in [2.05, 4.69) is 0 Å². The molecule has 0 aromatic heterocycles. The van der Waals surface area contributed by atoms with Gasteiger partial charge in [-0.3, -0.25) is 4.79 Å². The van der Waals surface area contributed by atoms with Crippen LogP contribution in [-0.2, 0) is 9.53 Å². The van der Waals surface area contributed by atoms with Crippen molar-refractivity contribution < 1.29 is 9.53 Å². The Morgan fingerprint density at radius 2 is 2.46 bits per heavy atom. The summed E-state index contributed by atoms with van der Waals surface area (Å²) in [6, 6.07) is 0.